The largest absolute Gasteiger partial charge is 0.388 e. The molecule has 88 valence electrons. The Labute approximate surface area is 90.2 Å². The maximum absolute atomic E-state index is 11.3. The van der Waals surface area contributed by atoms with Crippen molar-refractivity contribution < 1.29 is 14.6 Å². The van der Waals surface area contributed by atoms with Gasteiger partial charge in [0.05, 0.1) is 18.8 Å². The first-order chi connectivity index (χ1) is 7.16. The molecule has 0 saturated heterocycles. The van der Waals surface area contributed by atoms with Crippen LogP contribution in [-0.4, -0.2) is 50.0 Å². The summed E-state index contributed by atoms with van der Waals surface area (Å²) in [4.78, 5) is 11.3. The van der Waals surface area contributed by atoms with Crippen LogP contribution in [0.5, 0.6) is 0 Å². The molecule has 1 aliphatic carbocycles. The van der Waals surface area contributed by atoms with Gasteiger partial charge in [-0.2, -0.15) is 0 Å². The van der Waals surface area contributed by atoms with Crippen LogP contribution in [0.3, 0.4) is 0 Å². The third-order valence-electron chi connectivity index (χ3n) is 2.67. The quantitative estimate of drug-likeness (QED) is 0.490. The van der Waals surface area contributed by atoms with Gasteiger partial charge in [0.15, 0.2) is 0 Å². The van der Waals surface area contributed by atoms with Gasteiger partial charge in [0.1, 0.15) is 0 Å². The van der Waals surface area contributed by atoms with Gasteiger partial charge in [-0.15, -0.1) is 0 Å². The number of amides is 1. The highest BCUT2D eigenvalue weighted by atomic mass is 16.5. The molecule has 1 saturated carbocycles. The van der Waals surface area contributed by atoms with Crippen LogP contribution < -0.4 is 10.6 Å². The Morgan fingerprint density at radius 1 is 1.53 bits per heavy atom. The molecule has 5 nitrogen and oxygen atoms in total. The molecule has 5 heteroatoms. The molecule has 15 heavy (non-hydrogen) atoms. The molecule has 3 N–H and O–H groups in total. The van der Waals surface area contributed by atoms with Crippen molar-refractivity contribution in [3.8, 4) is 0 Å². The maximum Gasteiger partial charge on any atom is 0.234 e. The second kappa shape index (κ2) is 6.05. The third-order valence-corrected chi connectivity index (χ3v) is 2.67. The lowest BCUT2D eigenvalue weighted by atomic mass is 9.80. The van der Waals surface area contributed by atoms with Crippen LogP contribution >= 0.6 is 0 Å². The van der Waals surface area contributed by atoms with E-state index in [2.05, 4.69) is 10.6 Å². The lowest BCUT2D eigenvalue weighted by molar-refractivity contribution is -0.122. The van der Waals surface area contributed by atoms with E-state index in [-0.39, 0.29) is 12.5 Å². The fourth-order valence-electron chi connectivity index (χ4n) is 1.46. The van der Waals surface area contributed by atoms with Crippen LogP contribution in [-0.2, 0) is 9.53 Å². The number of nitrogens with one attached hydrogen (secondary N) is 2. The van der Waals surface area contributed by atoms with E-state index in [9.17, 15) is 9.90 Å². The molecule has 0 atom stereocenters. The van der Waals surface area contributed by atoms with Crippen molar-refractivity contribution in [1.29, 1.82) is 0 Å². The van der Waals surface area contributed by atoms with Crippen LogP contribution in [0.15, 0.2) is 0 Å². The fourth-order valence-corrected chi connectivity index (χ4v) is 1.46. The second-order valence-corrected chi connectivity index (χ2v) is 4.02. The molecule has 0 heterocycles. The first-order valence-corrected chi connectivity index (χ1v) is 5.35. The van der Waals surface area contributed by atoms with Gasteiger partial charge in [0.25, 0.3) is 0 Å². The lowest BCUT2D eigenvalue weighted by Crippen LogP contribution is -2.49. The second-order valence-electron chi connectivity index (χ2n) is 4.02. The SMILES string of the molecule is COCCNCC(=O)NCC1(O)CCC1. The van der Waals surface area contributed by atoms with Gasteiger partial charge in [-0.25, -0.2) is 0 Å². The van der Waals surface area contributed by atoms with Gasteiger partial charge >= 0.3 is 0 Å². The molecule has 0 bridgehead atoms. The van der Waals surface area contributed by atoms with E-state index in [1.165, 1.54) is 0 Å². The van der Waals surface area contributed by atoms with Crippen LogP contribution in [0.1, 0.15) is 19.3 Å². The van der Waals surface area contributed by atoms with Gasteiger partial charge in [0, 0.05) is 20.2 Å². The van der Waals surface area contributed by atoms with E-state index >= 15 is 0 Å². The molecule has 0 aliphatic heterocycles. The lowest BCUT2D eigenvalue weighted by Gasteiger charge is -2.36. The van der Waals surface area contributed by atoms with Gasteiger partial charge in [-0.1, -0.05) is 0 Å². The number of hydrogen-bond acceptors (Lipinski definition) is 4. The summed E-state index contributed by atoms with van der Waals surface area (Å²) in [6.45, 7) is 1.91. The molecule has 0 unspecified atom stereocenters. The maximum atomic E-state index is 11.3. The normalized spacial score (nSPS) is 18.3. The third kappa shape index (κ3) is 4.59. The zero-order chi connectivity index (χ0) is 11.1. The van der Waals surface area contributed by atoms with Gasteiger partial charge in [-0.05, 0) is 19.3 Å². The van der Waals surface area contributed by atoms with Gasteiger partial charge < -0.3 is 20.5 Å². The van der Waals surface area contributed by atoms with Crippen molar-refractivity contribution in [3.63, 3.8) is 0 Å². The summed E-state index contributed by atoms with van der Waals surface area (Å²) >= 11 is 0. The number of rotatable bonds is 7. The van der Waals surface area contributed by atoms with E-state index in [0.29, 0.717) is 19.7 Å². The van der Waals surface area contributed by atoms with Gasteiger partial charge in [-0.3, -0.25) is 4.79 Å². The van der Waals surface area contributed by atoms with E-state index < -0.39 is 5.60 Å². The van der Waals surface area contributed by atoms with Crippen molar-refractivity contribution in [2.24, 2.45) is 0 Å². The van der Waals surface area contributed by atoms with Crippen molar-refractivity contribution in [2.45, 2.75) is 24.9 Å². The zero-order valence-corrected chi connectivity index (χ0v) is 9.21. The standard InChI is InChI=1S/C10H20N2O3/c1-15-6-5-11-7-9(13)12-8-10(14)3-2-4-10/h11,14H,2-8H2,1H3,(H,12,13). The van der Waals surface area contributed by atoms with Crippen LogP contribution in [0.4, 0.5) is 0 Å². The summed E-state index contributed by atoms with van der Waals surface area (Å²) < 4.78 is 4.83. The summed E-state index contributed by atoms with van der Waals surface area (Å²) in [6.07, 6.45) is 2.65. The molecule has 0 spiro atoms. The number of carbonyl (C=O) groups excluding carboxylic acids is 1. The molecule has 0 aromatic heterocycles. The minimum Gasteiger partial charge on any atom is -0.388 e. The Bertz CT molecular complexity index is 205. The smallest absolute Gasteiger partial charge is 0.234 e. The zero-order valence-electron chi connectivity index (χ0n) is 9.21. The topological polar surface area (TPSA) is 70.6 Å². The average Bonchev–Trinajstić information content (AvgIpc) is 2.19. The van der Waals surface area contributed by atoms with Gasteiger partial charge in [0.2, 0.25) is 5.91 Å². The number of methoxy groups -OCH3 is 1. The van der Waals surface area contributed by atoms with Crippen LogP contribution in [0.25, 0.3) is 0 Å². The predicted molar refractivity (Wildman–Crippen MR) is 56.6 cm³/mol. The summed E-state index contributed by atoms with van der Waals surface area (Å²) in [5.74, 6) is -0.0774. The van der Waals surface area contributed by atoms with Crippen LogP contribution in [0.2, 0.25) is 0 Å². The first kappa shape index (κ1) is 12.4. The van der Waals surface area contributed by atoms with Crippen molar-refractivity contribution in [2.75, 3.05) is 33.4 Å². The minimum atomic E-state index is -0.637. The molecule has 0 aromatic carbocycles. The monoisotopic (exact) mass is 216 g/mol. The Hall–Kier alpha value is -0.650. The molecule has 1 aliphatic rings. The van der Waals surface area contributed by atoms with Crippen LogP contribution in [0, 0.1) is 0 Å². The first-order valence-electron chi connectivity index (χ1n) is 5.35. The molecule has 0 radical (unpaired) electrons. The Kier molecular flexibility index (Phi) is 5.01. The average molecular weight is 216 g/mol. The highest BCUT2D eigenvalue weighted by molar-refractivity contribution is 5.78. The van der Waals surface area contributed by atoms with Crippen molar-refractivity contribution in [1.82, 2.24) is 10.6 Å². The molecule has 1 rings (SSSR count). The minimum absolute atomic E-state index is 0.0774. The Morgan fingerprint density at radius 2 is 2.27 bits per heavy atom. The van der Waals surface area contributed by atoms with E-state index in [4.69, 9.17) is 4.74 Å². The fraction of sp³-hybridized carbons (Fsp3) is 0.900. The summed E-state index contributed by atoms with van der Waals surface area (Å²) in [6, 6.07) is 0. The summed E-state index contributed by atoms with van der Waals surface area (Å²) in [5.41, 5.74) is -0.637. The van der Waals surface area contributed by atoms with Crippen molar-refractivity contribution in [3.05, 3.63) is 0 Å². The summed E-state index contributed by atoms with van der Waals surface area (Å²) in [5, 5.41) is 15.4. The van der Waals surface area contributed by atoms with Crippen molar-refractivity contribution >= 4 is 5.91 Å². The molecule has 0 aromatic rings. The highest BCUT2D eigenvalue weighted by Gasteiger charge is 2.34. The highest BCUT2D eigenvalue weighted by Crippen LogP contribution is 2.30. The number of hydrogen-bond donors (Lipinski definition) is 3. The Balaban J connectivity index is 1.98. The number of carbonyl (C=O) groups is 1. The number of ether oxygens (including phenoxy) is 1. The molecule has 1 amide bonds. The molecular weight excluding hydrogens is 196 g/mol. The van der Waals surface area contributed by atoms with E-state index in [1.807, 2.05) is 0 Å². The number of aliphatic hydroxyl groups is 1. The van der Waals surface area contributed by atoms with E-state index in [1.54, 1.807) is 7.11 Å². The molecular formula is C10H20N2O3. The summed E-state index contributed by atoms with van der Waals surface area (Å²) in [7, 11) is 1.62. The predicted octanol–water partition coefficient (Wildman–Crippen LogP) is -0.746. The van der Waals surface area contributed by atoms with E-state index in [0.717, 1.165) is 19.3 Å². The molecule has 1 fully saturated rings. The Morgan fingerprint density at radius 3 is 2.80 bits per heavy atom.